The second kappa shape index (κ2) is 6.79. The molecular weight excluding hydrogens is 314 g/mol. The van der Waals surface area contributed by atoms with E-state index in [1.165, 1.54) is 12.7 Å². The normalized spacial score (nSPS) is 13.8. The van der Waals surface area contributed by atoms with Crippen LogP contribution in [0.5, 0.6) is 11.5 Å². The molecule has 0 aromatic heterocycles. The molecule has 2 aromatic carbocycles. The highest BCUT2D eigenvalue weighted by Gasteiger charge is 2.30. The molecule has 0 unspecified atom stereocenters. The Morgan fingerprint density at radius 3 is 2.36 bits per heavy atom. The minimum Gasteiger partial charge on any atom is -0.504 e. The lowest BCUT2D eigenvalue weighted by Crippen LogP contribution is -2.22. The number of phenolic OH excluding ortho intramolecular Hbond substituents is 1. The van der Waals surface area contributed by atoms with Crippen LogP contribution >= 0.6 is 0 Å². The molecule has 1 aliphatic rings. The van der Waals surface area contributed by atoms with Gasteiger partial charge >= 0.3 is 0 Å². The van der Waals surface area contributed by atoms with Crippen LogP contribution < -0.4 is 9.64 Å². The summed E-state index contributed by atoms with van der Waals surface area (Å²) in [6.45, 7) is 4.26. The van der Waals surface area contributed by atoms with E-state index in [9.17, 15) is 9.90 Å². The summed E-state index contributed by atoms with van der Waals surface area (Å²) in [6, 6.07) is 11.5. The molecule has 2 aromatic rings. The van der Waals surface area contributed by atoms with Gasteiger partial charge in [0.05, 0.1) is 12.8 Å². The molecule has 0 spiro atoms. The first-order valence-electron chi connectivity index (χ1n) is 8.71. The fraction of sp³-hybridized carbons (Fsp3) is 0.381. The van der Waals surface area contributed by atoms with E-state index >= 15 is 0 Å². The highest BCUT2D eigenvalue weighted by Crippen LogP contribution is 2.39. The number of carbonyl (C=O) groups excluding carboxylic acids is 1. The van der Waals surface area contributed by atoms with Crippen LogP contribution in [0.3, 0.4) is 0 Å². The molecule has 1 saturated carbocycles. The van der Waals surface area contributed by atoms with E-state index in [1.54, 1.807) is 12.1 Å². The zero-order valence-corrected chi connectivity index (χ0v) is 15.2. The summed E-state index contributed by atoms with van der Waals surface area (Å²) in [4.78, 5) is 15.2. The third-order valence-electron chi connectivity index (χ3n) is 4.86. The topological polar surface area (TPSA) is 49.8 Å². The number of hydrogen-bond donors (Lipinski definition) is 1. The molecule has 0 radical (unpaired) electrons. The number of rotatable bonds is 6. The molecular formula is C21H25NO3. The Bertz CT molecular complexity index is 776. The Balaban J connectivity index is 2.02. The molecule has 132 valence electrons. The van der Waals surface area contributed by atoms with Crippen molar-refractivity contribution < 1.29 is 14.6 Å². The van der Waals surface area contributed by atoms with Crippen molar-refractivity contribution in [3.8, 4) is 11.5 Å². The van der Waals surface area contributed by atoms with Gasteiger partial charge in [-0.2, -0.15) is 0 Å². The monoisotopic (exact) mass is 339 g/mol. The fourth-order valence-corrected chi connectivity index (χ4v) is 3.03. The molecule has 4 nitrogen and oxygen atoms in total. The van der Waals surface area contributed by atoms with Gasteiger partial charge in [0.25, 0.3) is 0 Å². The number of methoxy groups -OCH3 is 1. The Hall–Kier alpha value is -2.49. The van der Waals surface area contributed by atoms with Gasteiger partial charge in [-0.1, -0.05) is 38.1 Å². The van der Waals surface area contributed by atoms with Crippen molar-refractivity contribution in [2.75, 3.05) is 19.1 Å². The number of anilines is 1. The van der Waals surface area contributed by atoms with Crippen LogP contribution in [0.15, 0.2) is 36.4 Å². The van der Waals surface area contributed by atoms with E-state index in [2.05, 4.69) is 18.7 Å². The highest BCUT2D eigenvalue weighted by molar-refractivity contribution is 6.13. The van der Waals surface area contributed by atoms with Crippen LogP contribution in [-0.2, 0) is 0 Å². The molecule has 4 heteroatoms. The predicted octanol–water partition coefficient (Wildman–Crippen LogP) is 4.35. The highest BCUT2D eigenvalue weighted by atomic mass is 16.5. The molecule has 0 atom stereocenters. The number of ketones is 1. The van der Waals surface area contributed by atoms with E-state index in [-0.39, 0.29) is 11.5 Å². The number of hydrogen-bond acceptors (Lipinski definition) is 4. The summed E-state index contributed by atoms with van der Waals surface area (Å²) in [6.07, 6.45) is 2.22. The lowest BCUT2D eigenvalue weighted by atomic mass is 9.96. The van der Waals surface area contributed by atoms with E-state index in [0.717, 1.165) is 18.5 Å². The smallest absolute Gasteiger partial charge is 0.195 e. The molecule has 1 aliphatic carbocycles. The van der Waals surface area contributed by atoms with Gasteiger partial charge < -0.3 is 14.7 Å². The minimum atomic E-state index is -0.0592. The summed E-state index contributed by atoms with van der Waals surface area (Å²) in [5, 5.41) is 10.2. The lowest BCUT2D eigenvalue weighted by molar-refractivity contribution is 0.103. The van der Waals surface area contributed by atoms with E-state index in [4.69, 9.17) is 4.74 Å². The average molecular weight is 339 g/mol. The van der Waals surface area contributed by atoms with Crippen LogP contribution in [0.25, 0.3) is 0 Å². The maximum absolute atomic E-state index is 13.1. The molecule has 0 bridgehead atoms. The average Bonchev–Trinajstić information content (AvgIpc) is 3.45. The molecule has 0 heterocycles. The van der Waals surface area contributed by atoms with Gasteiger partial charge in [-0.15, -0.1) is 0 Å². The minimum absolute atomic E-state index is 0.0525. The molecule has 1 N–H and O–H groups in total. The first-order valence-corrected chi connectivity index (χ1v) is 8.71. The van der Waals surface area contributed by atoms with E-state index in [0.29, 0.717) is 28.8 Å². The summed E-state index contributed by atoms with van der Waals surface area (Å²) in [5.41, 5.74) is 3.15. The quantitative estimate of drug-likeness (QED) is 0.795. The maximum atomic E-state index is 13.1. The number of benzene rings is 2. The first-order chi connectivity index (χ1) is 11.9. The van der Waals surface area contributed by atoms with Gasteiger partial charge in [-0.05, 0) is 30.4 Å². The third-order valence-corrected chi connectivity index (χ3v) is 4.86. The van der Waals surface area contributed by atoms with Crippen molar-refractivity contribution in [3.05, 3.63) is 53.1 Å². The Kier molecular flexibility index (Phi) is 4.71. The number of carbonyl (C=O) groups is 1. The standard InChI is InChI=1S/C21H25NO3/c1-13(2)14-5-7-15(8-6-14)21(24)17-11-20(25-4)19(23)12-18(17)22(3)16-9-10-16/h5-8,11-13,16,23H,9-10H2,1-4H3. The summed E-state index contributed by atoms with van der Waals surface area (Å²) in [7, 11) is 3.46. The summed E-state index contributed by atoms with van der Waals surface area (Å²) in [5.74, 6) is 0.734. The summed E-state index contributed by atoms with van der Waals surface area (Å²) >= 11 is 0. The number of nitrogens with zero attached hydrogens (tertiary/aromatic N) is 1. The summed E-state index contributed by atoms with van der Waals surface area (Å²) < 4.78 is 5.21. The zero-order valence-electron chi connectivity index (χ0n) is 15.2. The van der Waals surface area contributed by atoms with Crippen molar-refractivity contribution in [1.29, 1.82) is 0 Å². The van der Waals surface area contributed by atoms with Crippen LogP contribution in [-0.4, -0.2) is 31.1 Å². The largest absolute Gasteiger partial charge is 0.504 e. The molecule has 1 fully saturated rings. The zero-order chi connectivity index (χ0) is 18.1. The van der Waals surface area contributed by atoms with Crippen molar-refractivity contribution in [2.45, 2.75) is 38.6 Å². The van der Waals surface area contributed by atoms with Gasteiger partial charge in [0.2, 0.25) is 0 Å². The first kappa shape index (κ1) is 17.3. The van der Waals surface area contributed by atoms with Crippen LogP contribution in [0.1, 0.15) is 54.1 Å². The van der Waals surface area contributed by atoms with E-state index in [1.807, 2.05) is 31.3 Å². The van der Waals surface area contributed by atoms with E-state index < -0.39 is 0 Å². The van der Waals surface area contributed by atoms with Crippen LogP contribution in [0.2, 0.25) is 0 Å². The van der Waals surface area contributed by atoms with Gasteiger partial charge in [-0.25, -0.2) is 0 Å². The Labute approximate surface area is 149 Å². The molecule has 0 aliphatic heterocycles. The maximum Gasteiger partial charge on any atom is 0.195 e. The molecule has 0 amide bonds. The van der Waals surface area contributed by atoms with Gasteiger partial charge in [0.15, 0.2) is 17.3 Å². The molecule has 0 saturated heterocycles. The fourth-order valence-electron chi connectivity index (χ4n) is 3.03. The lowest BCUT2D eigenvalue weighted by Gasteiger charge is -2.23. The number of ether oxygens (including phenoxy) is 1. The molecule has 25 heavy (non-hydrogen) atoms. The van der Waals surface area contributed by atoms with Gasteiger partial charge in [0.1, 0.15) is 0 Å². The Morgan fingerprint density at radius 1 is 1.20 bits per heavy atom. The predicted molar refractivity (Wildman–Crippen MR) is 100 cm³/mol. The third kappa shape index (κ3) is 3.48. The van der Waals surface area contributed by atoms with Gasteiger partial charge in [-0.3, -0.25) is 4.79 Å². The van der Waals surface area contributed by atoms with Gasteiger partial charge in [0, 0.05) is 30.3 Å². The second-order valence-corrected chi connectivity index (χ2v) is 6.99. The number of aromatic hydroxyl groups is 1. The number of phenols is 1. The van der Waals surface area contributed by atoms with Crippen molar-refractivity contribution in [3.63, 3.8) is 0 Å². The van der Waals surface area contributed by atoms with Crippen molar-refractivity contribution >= 4 is 11.5 Å². The molecule has 3 rings (SSSR count). The van der Waals surface area contributed by atoms with Crippen molar-refractivity contribution in [2.24, 2.45) is 0 Å². The second-order valence-electron chi connectivity index (χ2n) is 6.99. The van der Waals surface area contributed by atoms with Crippen molar-refractivity contribution in [1.82, 2.24) is 0 Å². The Morgan fingerprint density at radius 2 is 1.84 bits per heavy atom. The SMILES string of the molecule is COc1cc(C(=O)c2ccc(C(C)C)cc2)c(N(C)C2CC2)cc1O. The van der Waals surface area contributed by atoms with Crippen LogP contribution in [0, 0.1) is 0 Å². The van der Waals surface area contributed by atoms with Crippen LogP contribution in [0.4, 0.5) is 5.69 Å².